The van der Waals surface area contributed by atoms with Crippen LogP contribution in [0.25, 0.3) is 0 Å². The van der Waals surface area contributed by atoms with Gasteiger partial charge in [-0.15, -0.1) is 11.3 Å². The molecule has 0 fully saturated rings. The van der Waals surface area contributed by atoms with Crippen LogP contribution in [0.3, 0.4) is 0 Å². The number of benzene rings is 1. The summed E-state index contributed by atoms with van der Waals surface area (Å²) in [6, 6.07) is 7.38. The number of rotatable bonds is 5. The van der Waals surface area contributed by atoms with Crippen LogP contribution >= 0.6 is 11.3 Å². The Morgan fingerprint density at radius 3 is 2.48 bits per heavy atom. The number of esters is 1. The van der Waals surface area contributed by atoms with E-state index in [2.05, 4.69) is 4.74 Å². The SMILES string of the molecule is COC(=O)c1ccccc1N(C)S(=O)(=O)c1csc(C(N)=O)c1. The van der Waals surface area contributed by atoms with Crippen molar-refractivity contribution < 1.29 is 22.7 Å². The number of methoxy groups -OCH3 is 1. The molecular weight excluding hydrogens is 340 g/mol. The van der Waals surface area contributed by atoms with Gasteiger partial charge in [0.05, 0.1) is 28.1 Å². The smallest absolute Gasteiger partial charge is 0.340 e. The summed E-state index contributed by atoms with van der Waals surface area (Å²) in [4.78, 5) is 23.0. The molecule has 2 aromatic rings. The van der Waals surface area contributed by atoms with Crippen molar-refractivity contribution in [2.75, 3.05) is 18.5 Å². The van der Waals surface area contributed by atoms with Crippen molar-refractivity contribution in [2.45, 2.75) is 4.90 Å². The van der Waals surface area contributed by atoms with Gasteiger partial charge in [-0.1, -0.05) is 12.1 Å². The van der Waals surface area contributed by atoms with E-state index in [1.165, 1.54) is 37.7 Å². The number of nitrogens with two attached hydrogens (primary N) is 1. The van der Waals surface area contributed by atoms with E-state index in [1.54, 1.807) is 12.1 Å². The molecule has 2 N–H and O–H groups in total. The summed E-state index contributed by atoms with van der Waals surface area (Å²) in [7, 11) is -1.41. The van der Waals surface area contributed by atoms with Crippen molar-refractivity contribution in [1.29, 1.82) is 0 Å². The molecule has 1 aromatic heterocycles. The number of primary amides is 1. The molecule has 0 spiro atoms. The van der Waals surface area contributed by atoms with Gasteiger partial charge in [0.2, 0.25) is 0 Å². The zero-order valence-corrected chi connectivity index (χ0v) is 14.0. The minimum Gasteiger partial charge on any atom is -0.465 e. The summed E-state index contributed by atoms with van der Waals surface area (Å²) in [6.45, 7) is 0. The van der Waals surface area contributed by atoms with Gasteiger partial charge in [-0.05, 0) is 18.2 Å². The Morgan fingerprint density at radius 1 is 1.26 bits per heavy atom. The molecule has 0 saturated carbocycles. The molecule has 0 saturated heterocycles. The van der Waals surface area contributed by atoms with E-state index in [4.69, 9.17) is 5.73 Å². The van der Waals surface area contributed by atoms with Gasteiger partial charge in [-0.3, -0.25) is 9.10 Å². The average Bonchev–Trinajstić information content (AvgIpc) is 3.04. The number of hydrogen-bond donors (Lipinski definition) is 1. The second kappa shape index (κ2) is 6.39. The summed E-state index contributed by atoms with van der Waals surface area (Å²) < 4.78 is 30.9. The third kappa shape index (κ3) is 3.20. The van der Waals surface area contributed by atoms with Crippen molar-refractivity contribution in [2.24, 2.45) is 5.73 Å². The lowest BCUT2D eigenvalue weighted by Gasteiger charge is -2.20. The van der Waals surface area contributed by atoms with Crippen LogP contribution in [0.5, 0.6) is 0 Å². The quantitative estimate of drug-likeness (QED) is 0.818. The van der Waals surface area contributed by atoms with Crippen LogP contribution in [-0.4, -0.2) is 34.5 Å². The molecule has 1 heterocycles. The predicted octanol–water partition coefficient (Wildman–Crippen LogP) is 1.46. The Morgan fingerprint density at radius 2 is 1.91 bits per heavy atom. The van der Waals surface area contributed by atoms with Crippen molar-refractivity contribution >= 4 is 38.9 Å². The van der Waals surface area contributed by atoms with Gasteiger partial charge in [-0.2, -0.15) is 0 Å². The van der Waals surface area contributed by atoms with E-state index in [-0.39, 0.29) is 21.0 Å². The Balaban J connectivity index is 2.48. The van der Waals surface area contributed by atoms with Gasteiger partial charge < -0.3 is 10.5 Å². The Kier molecular flexibility index (Phi) is 4.71. The molecule has 0 atom stereocenters. The van der Waals surface area contributed by atoms with E-state index in [9.17, 15) is 18.0 Å². The molecule has 0 bridgehead atoms. The van der Waals surface area contributed by atoms with Gasteiger partial charge in [-0.25, -0.2) is 13.2 Å². The molecule has 1 aromatic carbocycles. The van der Waals surface area contributed by atoms with Gasteiger partial charge in [0.25, 0.3) is 15.9 Å². The fraction of sp³-hybridized carbons (Fsp3) is 0.143. The summed E-state index contributed by atoms with van der Waals surface area (Å²) in [5.74, 6) is -1.35. The van der Waals surface area contributed by atoms with Crippen LogP contribution in [0.4, 0.5) is 5.69 Å². The van der Waals surface area contributed by atoms with Crippen LogP contribution in [0.15, 0.2) is 40.6 Å². The molecule has 0 unspecified atom stereocenters. The highest BCUT2D eigenvalue weighted by atomic mass is 32.2. The van der Waals surface area contributed by atoms with E-state index in [1.807, 2.05) is 0 Å². The lowest BCUT2D eigenvalue weighted by Crippen LogP contribution is -2.28. The molecule has 9 heteroatoms. The molecule has 0 aliphatic carbocycles. The van der Waals surface area contributed by atoms with Crippen molar-refractivity contribution in [1.82, 2.24) is 0 Å². The number of ether oxygens (including phenoxy) is 1. The van der Waals surface area contributed by atoms with Crippen molar-refractivity contribution in [3.05, 3.63) is 46.2 Å². The molecule has 122 valence electrons. The highest BCUT2D eigenvalue weighted by Crippen LogP contribution is 2.28. The number of carbonyl (C=O) groups is 2. The topological polar surface area (TPSA) is 107 Å². The van der Waals surface area contributed by atoms with Gasteiger partial charge in [0, 0.05) is 12.4 Å². The van der Waals surface area contributed by atoms with Crippen LogP contribution in [0.2, 0.25) is 0 Å². The number of carbonyl (C=O) groups excluding carboxylic acids is 2. The van der Waals surface area contributed by atoms with Crippen LogP contribution in [0, 0.1) is 0 Å². The van der Waals surface area contributed by atoms with E-state index < -0.39 is 21.9 Å². The fourth-order valence-electron chi connectivity index (χ4n) is 1.90. The monoisotopic (exact) mass is 354 g/mol. The maximum absolute atomic E-state index is 12.7. The summed E-state index contributed by atoms with van der Waals surface area (Å²) in [6.07, 6.45) is 0. The number of thiophene rings is 1. The first-order valence-electron chi connectivity index (χ1n) is 6.33. The zero-order valence-electron chi connectivity index (χ0n) is 12.3. The summed E-state index contributed by atoms with van der Waals surface area (Å²) >= 11 is 0.940. The number of amides is 1. The van der Waals surface area contributed by atoms with E-state index in [0.717, 1.165) is 15.6 Å². The van der Waals surface area contributed by atoms with Gasteiger partial charge in [0.1, 0.15) is 0 Å². The minimum absolute atomic E-state index is 0.0709. The highest BCUT2D eigenvalue weighted by molar-refractivity contribution is 7.93. The van der Waals surface area contributed by atoms with Crippen LogP contribution in [-0.2, 0) is 14.8 Å². The second-order valence-electron chi connectivity index (χ2n) is 4.49. The lowest BCUT2D eigenvalue weighted by atomic mass is 10.2. The largest absolute Gasteiger partial charge is 0.465 e. The standard InChI is InChI=1S/C14H14N2O5S2/c1-16(11-6-4-3-5-10(11)14(18)21-2)23(19,20)9-7-12(13(15)17)22-8-9/h3-8H,1-2H3,(H2,15,17). The Hall–Kier alpha value is -2.39. The Labute approximate surface area is 137 Å². The first-order valence-corrected chi connectivity index (χ1v) is 8.65. The second-order valence-corrected chi connectivity index (χ2v) is 7.37. The highest BCUT2D eigenvalue weighted by Gasteiger charge is 2.26. The predicted molar refractivity (Wildman–Crippen MR) is 86.2 cm³/mol. The van der Waals surface area contributed by atoms with Crippen LogP contribution in [0.1, 0.15) is 20.0 Å². The number of hydrogen-bond acceptors (Lipinski definition) is 6. The minimum atomic E-state index is -3.94. The number of nitrogens with zero attached hydrogens (tertiary/aromatic N) is 1. The average molecular weight is 354 g/mol. The molecule has 1 amide bonds. The third-order valence-corrected chi connectivity index (χ3v) is 5.97. The zero-order chi connectivity index (χ0) is 17.2. The maximum atomic E-state index is 12.7. The fourth-order valence-corrected chi connectivity index (χ4v) is 4.23. The van der Waals surface area contributed by atoms with Crippen molar-refractivity contribution in [3.63, 3.8) is 0 Å². The molecule has 0 aliphatic rings. The molecule has 23 heavy (non-hydrogen) atoms. The number of para-hydroxylation sites is 1. The molecular formula is C14H14N2O5S2. The van der Waals surface area contributed by atoms with Gasteiger partial charge >= 0.3 is 5.97 Å². The Bertz CT molecular complexity index is 858. The first kappa shape index (κ1) is 17.0. The van der Waals surface area contributed by atoms with Crippen LogP contribution < -0.4 is 10.0 Å². The molecule has 0 aliphatic heterocycles. The first-order chi connectivity index (χ1) is 10.8. The van der Waals surface area contributed by atoms with Gasteiger partial charge in [0.15, 0.2) is 0 Å². The third-order valence-electron chi connectivity index (χ3n) is 3.13. The molecule has 2 rings (SSSR count). The van der Waals surface area contributed by atoms with Crippen molar-refractivity contribution in [3.8, 4) is 0 Å². The van der Waals surface area contributed by atoms with E-state index in [0.29, 0.717) is 0 Å². The van der Waals surface area contributed by atoms with E-state index >= 15 is 0 Å². The number of anilines is 1. The molecule has 0 radical (unpaired) electrons. The number of sulfonamides is 1. The summed E-state index contributed by atoms with van der Waals surface area (Å²) in [5, 5.41) is 1.33. The maximum Gasteiger partial charge on any atom is 0.340 e. The normalized spacial score (nSPS) is 11.0. The molecule has 7 nitrogen and oxygen atoms in total. The lowest BCUT2D eigenvalue weighted by molar-refractivity contribution is 0.0601. The summed E-state index contributed by atoms with van der Waals surface area (Å²) in [5.41, 5.74) is 5.43.